The van der Waals surface area contributed by atoms with Crippen LogP contribution in [0.2, 0.25) is 0 Å². The molecule has 0 aliphatic carbocycles. The summed E-state index contributed by atoms with van der Waals surface area (Å²) >= 11 is 0. The van der Waals surface area contributed by atoms with Gasteiger partial charge in [0.15, 0.2) is 0 Å². The van der Waals surface area contributed by atoms with Gasteiger partial charge in [0.05, 0.1) is 5.56 Å². The molecule has 0 radical (unpaired) electrons. The molecule has 0 saturated heterocycles. The van der Waals surface area contributed by atoms with E-state index in [-0.39, 0.29) is 5.91 Å². The number of carbonyl (C=O) groups excluding carboxylic acids is 1. The molecule has 3 heteroatoms. The Morgan fingerprint density at radius 3 is 2.30 bits per heavy atom. The number of anilines is 1. The fraction of sp³-hybridized carbons (Fsp3) is 0.235. The SMILES string of the molecule is Cc1ccc(CN(C)C(=O)c2cc(C)ccc2N)cc1. The minimum Gasteiger partial charge on any atom is -0.398 e. The van der Waals surface area contributed by atoms with E-state index in [1.165, 1.54) is 5.56 Å². The fourth-order valence-corrected chi connectivity index (χ4v) is 2.10. The summed E-state index contributed by atoms with van der Waals surface area (Å²) in [6.07, 6.45) is 0. The van der Waals surface area contributed by atoms with Crippen LogP contribution in [0.25, 0.3) is 0 Å². The van der Waals surface area contributed by atoms with E-state index in [4.69, 9.17) is 5.73 Å². The van der Waals surface area contributed by atoms with Crippen LogP contribution in [0.3, 0.4) is 0 Å². The molecule has 0 aromatic heterocycles. The van der Waals surface area contributed by atoms with Crippen LogP contribution in [0.4, 0.5) is 5.69 Å². The molecule has 2 rings (SSSR count). The minimum absolute atomic E-state index is 0.0493. The lowest BCUT2D eigenvalue weighted by Crippen LogP contribution is -2.27. The van der Waals surface area contributed by atoms with Crippen molar-refractivity contribution in [1.29, 1.82) is 0 Å². The molecule has 0 heterocycles. The quantitative estimate of drug-likeness (QED) is 0.869. The maximum absolute atomic E-state index is 12.4. The molecule has 0 unspecified atom stereocenters. The van der Waals surface area contributed by atoms with Gasteiger partial charge >= 0.3 is 0 Å². The van der Waals surface area contributed by atoms with Crippen LogP contribution >= 0.6 is 0 Å². The zero-order valence-electron chi connectivity index (χ0n) is 12.2. The average molecular weight is 268 g/mol. The molecule has 0 fully saturated rings. The largest absolute Gasteiger partial charge is 0.398 e. The first-order chi connectivity index (χ1) is 9.47. The van der Waals surface area contributed by atoms with Gasteiger partial charge in [-0.25, -0.2) is 0 Å². The highest BCUT2D eigenvalue weighted by atomic mass is 16.2. The summed E-state index contributed by atoms with van der Waals surface area (Å²) in [6, 6.07) is 13.7. The molecule has 2 aromatic rings. The van der Waals surface area contributed by atoms with Crippen molar-refractivity contribution in [3.63, 3.8) is 0 Å². The van der Waals surface area contributed by atoms with Crippen LogP contribution in [0, 0.1) is 13.8 Å². The van der Waals surface area contributed by atoms with Crippen molar-refractivity contribution in [3.05, 3.63) is 64.7 Å². The summed E-state index contributed by atoms with van der Waals surface area (Å²) in [5, 5.41) is 0. The lowest BCUT2D eigenvalue weighted by Gasteiger charge is -2.18. The highest BCUT2D eigenvalue weighted by Crippen LogP contribution is 2.17. The summed E-state index contributed by atoms with van der Waals surface area (Å²) in [4.78, 5) is 14.1. The Kier molecular flexibility index (Phi) is 4.08. The van der Waals surface area contributed by atoms with Gasteiger partial charge in [-0.05, 0) is 31.5 Å². The first kappa shape index (κ1) is 14.1. The number of carbonyl (C=O) groups is 1. The zero-order chi connectivity index (χ0) is 14.7. The molecule has 20 heavy (non-hydrogen) atoms. The Balaban J connectivity index is 2.16. The Bertz CT molecular complexity index is 617. The number of nitrogens with zero attached hydrogens (tertiary/aromatic N) is 1. The molecule has 0 spiro atoms. The predicted octanol–water partition coefficient (Wildman–Crippen LogP) is 3.16. The van der Waals surface area contributed by atoms with Crippen LogP contribution in [0.1, 0.15) is 27.0 Å². The van der Waals surface area contributed by atoms with Crippen LogP contribution in [-0.2, 0) is 6.54 Å². The summed E-state index contributed by atoms with van der Waals surface area (Å²) in [5.74, 6) is -0.0493. The molecule has 104 valence electrons. The van der Waals surface area contributed by atoms with Crippen molar-refractivity contribution < 1.29 is 4.79 Å². The van der Waals surface area contributed by atoms with E-state index in [9.17, 15) is 4.79 Å². The van der Waals surface area contributed by atoms with Crippen LogP contribution < -0.4 is 5.73 Å². The Labute approximate surface area is 120 Å². The number of benzene rings is 2. The normalized spacial score (nSPS) is 10.3. The van der Waals surface area contributed by atoms with Gasteiger partial charge in [-0.2, -0.15) is 0 Å². The maximum Gasteiger partial charge on any atom is 0.255 e. The second kappa shape index (κ2) is 5.78. The monoisotopic (exact) mass is 268 g/mol. The first-order valence-electron chi connectivity index (χ1n) is 6.64. The topological polar surface area (TPSA) is 46.3 Å². The van der Waals surface area contributed by atoms with Gasteiger partial charge in [-0.15, -0.1) is 0 Å². The summed E-state index contributed by atoms with van der Waals surface area (Å²) < 4.78 is 0. The van der Waals surface area contributed by atoms with Gasteiger partial charge in [0.1, 0.15) is 0 Å². The highest BCUT2D eigenvalue weighted by molar-refractivity contribution is 5.99. The molecule has 0 aliphatic rings. The molecule has 2 aromatic carbocycles. The number of nitrogen functional groups attached to an aromatic ring is 1. The Morgan fingerprint density at radius 2 is 1.65 bits per heavy atom. The molecule has 0 aliphatic heterocycles. The van der Waals surface area contributed by atoms with Gasteiger partial charge < -0.3 is 10.6 Å². The summed E-state index contributed by atoms with van der Waals surface area (Å²) in [5.41, 5.74) is 10.3. The van der Waals surface area contributed by atoms with Crippen molar-refractivity contribution in [2.45, 2.75) is 20.4 Å². The zero-order valence-corrected chi connectivity index (χ0v) is 12.2. The van der Waals surface area contributed by atoms with Crippen molar-refractivity contribution in [1.82, 2.24) is 4.90 Å². The average Bonchev–Trinajstić information content (AvgIpc) is 2.43. The van der Waals surface area contributed by atoms with Crippen molar-refractivity contribution >= 4 is 11.6 Å². The van der Waals surface area contributed by atoms with Crippen molar-refractivity contribution in [3.8, 4) is 0 Å². The molecule has 0 saturated carbocycles. The van der Waals surface area contributed by atoms with Crippen LogP contribution in [0.15, 0.2) is 42.5 Å². The fourth-order valence-electron chi connectivity index (χ4n) is 2.10. The van der Waals surface area contributed by atoms with Gasteiger partial charge in [-0.3, -0.25) is 4.79 Å². The van der Waals surface area contributed by atoms with Gasteiger partial charge in [0.2, 0.25) is 0 Å². The molecule has 1 amide bonds. The molecule has 0 bridgehead atoms. The molecule has 3 nitrogen and oxygen atoms in total. The van der Waals surface area contributed by atoms with E-state index in [1.54, 1.807) is 18.0 Å². The van der Waals surface area contributed by atoms with Gasteiger partial charge in [0.25, 0.3) is 5.91 Å². The van der Waals surface area contributed by atoms with Gasteiger partial charge in [-0.1, -0.05) is 41.5 Å². The number of aryl methyl sites for hydroxylation is 2. The van der Waals surface area contributed by atoms with E-state index >= 15 is 0 Å². The van der Waals surface area contributed by atoms with E-state index in [0.717, 1.165) is 11.1 Å². The third-order valence-electron chi connectivity index (χ3n) is 3.33. The smallest absolute Gasteiger partial charge is 0.255 e. The lowest BCUT2D eigenvalue weighted by atomic mass is 10.1. The number of hydrogen-bond donors (Lipinski definition) is 1. The molecule has 0 atom stereocenters. The van der Waals surface area contributed by atoms with Gasteiger partial charge in [0, 0.05) is 19.3 Å². The van der Waals surface area contributed by atoms with Crippen LogP contribution in [0.5, 0.6) is 0 Å². The van der Waals surface area contributed by atoms with Crippen LogP contribution in [-0.4, -0.2) is 17.9 Å². The Hall–Kier alpha value is -2.29. The molecule has 2 N–H and O–H groups in total. The second-order valence-electron chi connectivity index (χ2n) is 5.24. The second-order valence-corrected chi connectivity index (χ2v) is 5.24. The van der Waals surface area contributed by atoms with E-state index < -0.39 is 0 Å². The van der Waals surface area contributed by atoms with Crippen molar-refractivity contribution in [2.24, 2.45) is 0 Å². The summed E-state index contributed by atoms with van der Waals surface area (Å²) in [6.45, 7) is 4.58. The number of rotatable bonds is 3. The number of hydrogen-bond acceptors (Lipinski definition) is 2. The van der Waals surface area contributed by atoms with E-state index in [1.807, 2.05) is 38.1 Å². The minimum atomic E-state index is -0.0493. The third kappa shape index (κ3) is 3.18. The Morgan fingerprint density at radius 1 is 1.05 bits per heavy atom. The maximum atomic E-state index is 12.4. The first-order valence-corrected chi connectivity index (χ1v) is 6.64. The van der Waals surface area contributed by atoms with Crippen molar-refractivity contribution in [2.75, 3.05) is 12.8 Å². The highest BCUT2D eigenvalue weighted by Gasteiger charge is 2.15. The lowest BCUT2D eigenvalue weighted by molar-refractivity contribution is 0.0786. The summed E-state index contributed by atoms with van der Waals surface area (Å²) in [7, 11) is 1.80. The molecular weight excluding hydrogens is 248 g/mol. The predicted molar refractivity (Wildman–Crippen MR) is 82.6 cm³/mol. The van der Waals surface area contributed by atoms with E-state index in [0.29, 0.717) is 17.8 Å². The molecular formula is C17H20N2O. The third-order valence-corrected chi connectivity index (χ3v) is 3.33. The number of nitrogens with two attached hydrogens (primary N) is 1. The van der Waals surface area contributed by atoms with E-state index in [2.05, 4.69) is 12.1 Å². The number of amides is 1. The standard InChI is InChI=1S/C17H20N2O/c1-12-4-7-14(8-5-12)11-19(3)17(20)15-10-13(2)6-9-16(15)18/h4-10H,11,18H2,1-3H3.